The minimum atomic E-state index is -4.26. The van der Waals surface area contributed by atoms with Gasteiger partial charge in [0.25, 0.3) is 11.8 Å². The van der Waals surface area contributed by atoms with Gasteiger partial charge in [-0.05, 0) is 47.5 Å². The molecule has 0 aliphatic carbocycles. The Balaban J connectivity index is 1.85. The molecule has 0 bridgehead atoms. The molecule has 0 radical (unpaired) electrons. The second-order valence-electron chi connectivity index (χ2n) is 8.32. The van der Waals surface area contributed by atoms with Gasteiger partial charge in [0.05, 0.1) is 0 Å². The summed E-state index contributed by atoms with van der Waals surface area (Å²) in [5.41, 5.74) is 1.76. The third kappa shape index (κ3) is 6.48. The van der Waals surface area contributed by atoms with E-state index in [0.29, 0.717) is 18.8 Å². The highest BCUT2D eigenvalue weighted by molar-refractivity contribution is 8.02. The third-order valence-corrected chi connectivity index (χ3v) is 8.06. The average molecular weight is 487 g/mol. The maximum atomic E-state index is 13.3. The molecule has 3 rings (SSSR count). The summed E-state index contributed by atoms with van der Waals surface area (Å²) < 4.78 is 28.3. The number of thioether (sulfide) groups is 1. The minimum Gasteiger partial charge on any atom is -0.268 e. The number of benzene rings is 2. The van der Waals surface area contributed by atoms with E-state index in [9.17, 15) is 18.0 Å². The van der Waals surface area contributed by atoms with Crippen LogP contribution in [0.1, 0.15) is 31.4 Å². The topological polar surface area (TPSA) is 74.8 Å². The van der Waals surface area contributed by atoms with Crippen LogP contribution in [0.2, 0.25) is 0 Å². The van der Waals surface area contributed by atoms with E-state index in [1.165, 1.54) is 17.2 Å². The van der Waals surface area contributed by atoms with Crippen LogP contribution >= 0.6 is 11.8 Å². The fourth-order valence-corrected chi connectivity index (χ4v) is 6.01. The van der Waals surface area contributed by atoms with E-state index >= 15 is 0 Å². The summed E-state index contributed by atoms with van der Waals surface area (Å²) in [4.78, 5) is 26.3. The van der Waals surface area contributed by atoms with Gasteiger partial charge in [-0.3, -0.25) is 9.59 Å². The molecule has 0 saturated carbocycles. The zero-order valence-corrected chi connectivity index (χ0v) is 20.6. The van der Waals surface area contributed by atoms with Gasteiger partial charge >= 0.3 is 10.2 Å². The smallest absolute Gasteiger partial charge is 0.268 e. The SMILES string of the molecule is CC(C)CCSC=C1C(=O)N(CCc2ccccc2)S(=O)(=O)N(CCc2ccccc2)C1=O. The molecule has 6 nitrogen and oxygen atoms in total. The first-order valence-corrected chi connectivity index (χ1v) is 13.5. The van der Waals surface area contributed by atoms with Crippen LogP contribution in [0, 0.1) is 5.92 Å². The van der Waals surface area contributed by atoms with Gasteiger partial charge in [0.15, 0.2) is 0 Å². The maximum Gasteiger partial charge on any atom is 0.331 e. The number of rotatable bonds is 10. The van der Waals surface area contributed by atoms with Crippen molar-refractivity contribution in [2.24, 2.45) is 5.92 Å². The van der Waals surface area contributed by atoms with Gasteiger partial charge in [0, 0.05) is 13.1 Å². The molecule has 0 aromatic heterocycles. The van der Waals surface area contributed by atoms with Crippen molar-refractivity contribution in [2.45, 2.75) is 33.1 Å². The lowest BCUT2D eigenvalue weighted by Crippen LogP contribution is -2.57. The van der Waals surface area contributed by atoms with E-state index in [2.05, 4.69) is 13.8 Å². The molecule has 1 saturated heterocycles. The molecule has 1 heterocycles. The normalized spacial score (nSPS) is 15.9. The lowest BCUT2D eigenvalue weighted by Gasteiger charge is -2.35. The summed E-state index contributed by atoms with van der Waals surface area (Å²) in [6.07, 6.45) is 1.69. The van der Waals surface area contributed by atoms with Gasteiger partial charge in [-0.25, -0.2) is 8.61 Å². The lowest BCUT2D eigenvalue weighted by atomic mass is 10.1. The summed E-state index contributed by atoms with van der Waals surface area (Å²) in [6, 6.07) is 18.8. The van der Waals surface area contributed by atoms with Crippen molar-refractivity contribution in [3.63, 3.8) is 0 Å². The Kier molecular flexibility index (Phi) is 8.74. The van der Waals surface area contributed by atoms with E-state index in [4.69, 9.17) is 0 Å². The summed E-state index contributed by atoms with van der Waals surface area (Å²) in [5.74, 6) is -0.241. The van der Waals surface area contributed by atoms with Crippen LogP contribution in [0.4, 0.5) is 0 Å². The van der Waals surface area contributed by atoms with Crippen molar-refractivity contribution in [3.8, 4) is 0 Å². The van der Waals surface area contributed by atoms with Gasteiger partial charge in [-0.15, -0.1) is 11.8 Å². The molecule has 0 spiro atoms. The summed E-state index contributed by atoms with van der Waals surface area (Å²) >= 11 is 1.38. The third-order valence-electron chi connectivity index (χ3n) is 5.38. The molecule has 1 aliphatic rings. The Hall–Kier alpha value is -2.58. The van der Waals surface area contributed by atoms with E-state index in [-0.39, 0.29) is 18.7 Å². The molecule has 8 heteroatoms. The zero-order valence-electron chi connectivity index (χ0n) is 19.0. The van der Waals surface area contributed by atoms with Crippen LogP contribution in [-0.2, 0) is 32.6 Å². The van der Waals surface area contributed by atoms with Crippen LogP contribution in [0.25, 0.3) is 0 Å². The molecule has 2 aromatic rings. The summed E-state index contributed by atoms with van der Waals surface area (Å²) in [5, 5.41) is 1.53. The average Bonchev–Trinajstić information content (AvgIpc) is 2.79. The molecule has 0 atom stereocenters. The fraction of sp³-hybridized carbons (Fsp3) is 0.360. The maximum absolute atomic E-state index is 13.3. The van der Waals surface area contributed by atoms with E-state index < -0.39 is 22.0 Å². The first-order chi connectivity index (χ1) is 15.8. The fourth-order valence-electron chi connectivity index (χ4n) is 3.42. The second-order valence-corrected chi connectivity index (χ2v) is 11.1. The van der Waals surface area contributed by atoms with Crippen molar-refractivity contribution < 1.29 is 18.0 Å². The van der Waals surface area contributed by atoms with Crippen molar-refractivity contribution in [1.29, 1.82) is 0 Å². The number of carbonyl (C=O) groups is 2. The highest BCUT2D eigenvalue weighted by Crippen LogP contribution is 2.26. The highest BCUT2D eigenvalue weighted by Gasteiger charge is 2.46. The molecular weight excluding hydrogens is 456 g/mol. The van der Waals surface area contributed by atoms with Crippen LogP contribution < -0.4 is 0 Å². The Morgan fingerprint density at radius 2 is 1.27 bits per heavy atom. The first kappa shape index (κ1) is 25.1. The Morgan fingerprint density at radius 1 is 0.818 bits per heavy atom. The molecule has 33 heavy (non-hydrogen) atoms. The highest BCUT2D eigenvalue weighted by atomic mass is 32.2. The van der Waals surface area contributed by atoms with Crippen LogP contribution in [0.15, 0.2) is 71.6 Å². The number of nitrogens with zero attached hydrogens (tertiary/aromatic N) is 2. The Morgan fingerprint density at radius 3 is 1.70 bits per heavy atom. The lowest BCUT2D eigenvalue weighted by molar-refractivity contribution is -0.131. The van der Waals surface area contributed by atoms with Gasteiger partial charge in [-0.1, -0.05) is 74.5 Å². The molecule has 1 aliphatic heterocycles. The molecule has 2 amide bonds. The standard InChI is InChI=1S/C25H30N2O4S2/c1-20(2)15-18-32-19-23-24(28)26(16-13-21-9-5-3-6-10-21)33(30,31)27(25(23)29)17-14-22-11-7-4-8-12-22/h3-12,19-20H,13-18H2,1-2H3. The van der Waals surface area contributed by atoms with Crippen molar-refractivity contribution >= 4 is 33.8 Å². The molecule has 2 aromatic carbocycles. The predicted octanol–water partition coefficient (Wildman–Crippen LogP) is 4.05. The summed E-state index contributed by atoms with van der Waals surface area (Å²) in [6.45, 7) is 4.17. The second kappa shape index (κ2) is 11.5. The molecule has 176 valence electrons. The first-order valence-electron chi connectivity index (χ1n) is 11.1. The molecule has 1 fully saturated rings. The molecule has 0 unspecified atom stereocenters. The van der Waals surface area contributed by atoms with Crippen LogP contribution in [0.5, 0.6) is 0 Å². The molecular formula is C25H30N2O4S2. The summed E-state index contributed by atoms with van der Waals surface area (Å²) in [7, 11) is -4.26. The molecule has 0 N–H and O–H groups in total. The quantitative estimate of drug-likeness (QED) is 0.288. The van der Waals surface area contributed by atoms with Crippen molar-refractivity contribution in [3.05, 3.63) is 82.8 Å². The van der Waals surface area contributed by atoms with Gasteiger partial charge in [0.1, 0.15) is 5.57 Å². The van der Waals surface area contributed by atoms with E-state index in [1.54, 1.807) is 0 Å². The Labute approximate surface area is 200 Å². The van der Waals surface area contributed by atoms with E-state index in [1.807, 2.05) is 60.7 Å². The predicted molar refractivity (Wildman–Crippen MR) is 133 cm³/mol. The largest absolute Gasteiger partial charge is 0.331 e. The number of carbonyl (C=O) groups excluding carboxylic acids is 2. The van der Waals surface area contributed by atoms with Crippen molar-refractivity contribution in [1.82, 2.24) is 8.61 Å². The Bertz CT molecular complexity index is 1010. The number of amides is 2. The van der Waals surface area contributed by atoms with Gasteiger partial charge in [-0.2, -0.15) is 8.42 Å². The van der Waals surface area contributed by atoms with Crippen LogP contribution in [-0.4, -0.2) is 47.7 Å². The zero-order chi connectivity index (χ0) is 23.8. The van der Waals surface area contributed by atoms with Gasteiger partial charge < -0.3 is 0 Å². The number of hydrogen-bond donors (Lipinski definition) is 0. The van der Waals surface area contributed by atoms with Crippen molar-refractivity contribution in [2.75, 3.05) is 18.8 Å². The van der Waals surface area contributed by atoms with E-state index in [0.717, 1.165) is 31.9 Å². The van der Waals surface area contributed by atoms with Gasteiger partial charge in [0.2, 0.25) is 0 Å². The number of hydrogen-bond acceptors (Lipinski definition) is 5. The van der Waals surface area contributed by atoms with Crippen LogP contribution in [0.3, 0.4) is 0 Å². The monoisotopic (exact) mass is 486 g/mol. The minimum absolute atomic E-state index is 0.0195.